The second kappa shape index (κ2) is 5.52. The summed E-state index contributed by atoms with van der Waals surface area (Å²) in [6.45, 7) is 6.04. The average Bonchev–Trinajstić information content (AvgIpc) is 2.39. The molecule has 1 aromatic rings. The van der Waals surface area contributed by atoms with Crippen molar-refractivity contribution in [3.8, 4) is 5.75 Å². The predicted octanol–water partition coefficient (Wildman–Crippen LogP) is 2.38. The van der Waals surface area contributed by atoms with Crippen LogP contribution in [-0.2, 0) is 4.74 Å². The van der Waals surface area contributed by atoms with Gasteiger partial charge in [-0.25, -0.2) is 0 Å². The number of morpholine rings is 1. The molecule has 1 N–H and O–H groups in total. The first-order chi connectivity index (χ1) is 8.22. The third-order valence-corrected chi connectivity index (χ3v) is 3.33. The Kier molecular flexibility index (Phi) is 4.02. The first-order valence-electron chi connectivity index (χ1n) is 6.20. The van der Waals surface area contributed by atoms with Crippen molar-refractivity contribution in [1.29, 1.82) is 0 Å². The van der Waals surface area contributed by atoms with Gasteiger partial charge in [0, 0.05) is 18.2 Å². The van der Waals surface area contributed by atoms with Crippen molar-refractivity contribution in [3.63, 3.8) is 0 Å². The van der Waals surface area contributed by atoms with E-state index in [0.29, 0.717) is 12.0 Å². The largest absolute Gasteiger partial charge is 0.496 e. The van der Waals surface area contributed by atoms with E-state index in [1.165, 1.54) is 0 Å². The molecule has 1 heterocycles. The summed E-state index contributed by atoms with van der Waals surface area (Å²) in [5.74, 6) is 1.51. The SMILES string of the molecule is COc1ccccc1C1CNC(C(C)C)CO1. The van der Waals surface area contributed by atoms with E-state index in [4.69, 9.17) is 9.47 Å². The van der Waals surface area contributed by atoms with Gasteiger partial charge in [-0.3, -0.25) is 0 Å². The summed E-state index contributed by atoms with van der Waals surface area (Å²) in [5, 5.41) is 3.54. The van der Waals surface area contributed by atoms with E-state index in [1.807, 2.05) is 18.2 Å². The molecule has 1 aliphatic heterocycles. The molecule has 17 heavy (non-hydrogen) atoms. The molecule has 3 nitrogen and oxygen atoms in total. The monoisotopic (exact) mass is 235 g/mol. The minimum atomic E-state index is 0.0983. The molecule has 2 rings (SSSR count). The van der Waals surface area contributed by atoms with E-state index in [1.54, 1.807) is 7.11 Å². The topological polar surface area (TPSA) is 30.5 Å². The van der Waals surface area contributed by atoms with Gasteiger partial charge >= 0.3 is 0 Å². The smallest absolute Gasteiger partial charge is 0.124 e. The van der Waals surface area contributed by atoms with Gasteiger partial charge in [-0.1, -0.05) is 32.0 Å². The van der Waals surface area contributed by atoms with Gasteiger partial charge in [-0.05, 0) is 12.0 Å². The zero-order chi connectivity index (χ0) is 12.3. The normalized spacial score (nSPS) is 24.9. The molecule has 94 valence electrons. The van der Waals surface area contributed by atoms with Crippen LogP contribution in [0.25, 0.3) is 0 Å². The molecule has 0 aromatic heterocycles. The third-order valence-electron chi connectivity index (χ3n) is 3.33. The van der Waals surface area contributed by atoms with E-state index in [2.05, 4.69) is 25.2 Å². The van der Waals surface area contributed by atoms with Crippen LogP contribution in [0.4, 0.5) is 0 Å². The second-order valence-corrected chi connectivity index (χ2v) is 4.82. The maximum Gasteiger partial charge on any atom is 0.124 e. The van der Waals surface area contributed by atoms with Crippen LogP contribution in [0.5, 0.6) is 5.75 Å². The molecule has 0 radical (unpaired) electrons. The Labute approximate surface area is 103 Å². The third kappa shape index (κ3) is 2.79. The van der Waals surface area contributed by atoms with E-state index in [0.717, 1.165) is 24.5 Å². The molecule has 0 saturated carbocycles. The minimum absolute atomic E-state index is 0.0983. The molecule has 0 aliphatic carbocycles. The molecule has 3 heteroatoms. The summed E-state index contributed by atoms with van der Waals surface area (Å²) in [6, 6.07) is 8.51. The number of hydrogen-bond acceptors (Lipinski definition) is 3. The lowest BCUT2D eigenvalue weighted by molar-refractivity contribution is -0.00817. The Morgan fingerprint density at radius 3 is 2.71 bits per heavy atom. The molecule has 1 aromatic carbocycles. The number of benzene rings is 1. The molecule has 1 saturated heterocycles. The molecular formula is C14H21NO2. The van der Waals surface area contributed by atoms with Crippen molar-refractivity contribution in [1.82, 2.24) is 5.32 Å². The zero-order valence-electron chi connectivity index (χ0n) is 10.8. The Morgan fingerprint density at radius 2 is 2.12 bits per heavy atom. The number of ether oxygens (including phenoxy) is 2. The van der Waals surface area contributed by atoms with Crippen molar-refractivity contribution in [2.75, 3.05) is 20.3 Å². The lowest BCUT2D eigenvalue weighted by atomic mass is 10.0. The van der Waals surface area contributed by atoms with Crippen LogP contribution in [0.2, 0.25) is 0 Å². The van der Waals surface area contributed by atoms with Crippen LogP contribution in [-0.4, -0.2) is 26.3 Å². The van der Waals surface area contributed by atoms with E-state index < -0.39 is 0 Å². The molecular weight excluding hydrogens is 214 g/mol. The maximum atomic E-state index is 5.94. The molecule has 0 bridgehead atoms. The summed E-state index contributed by atoms with van der Waals surface area (Å²) in [7, 11) is 1.70. The quantitative estimate of drug-likeness (QED) is 0.872. The molecule has 2 atom stereocenters. The van der Waals surface area contributed by atoms with Crippen molar-refractivity contribution < 1.29 is 9.47 Å². The van der Waals surface area contributed by atoms with Gasteiger partial charge < -0.3 is 14.8 Å². The number of para-hydroxylation sites is 1. The van der Waals surface area contributed by atoms with Gasteiger partial charge in [0.2, 0.25) is 0 Å². The van der Waals surface area contributed by atoms with Crippen molar-refractivity contribution in [3.05, 3.63) is 29.8 Å². The Morgan fingerprint density at radius 1 is 1.35 bits per heavy atom. The maximum absolute atomic E-state index is 5.94. The predicted molar refractivity (Wildman–Crippen MR) is 68.3 cm³/mol. The second-order valence-electron chi connectivity index (χ2n) is 4.82. The summed E-state index contributed by atoms with van der Waals surface area (Å²) in [6.07, 6.45) is 0.0983. The van der Waals surface area contributed by atoms with Crippen LogP contribution in [0.1, 0.15) is 25.5 Å². The van der Waals surface area contributed by atoms with Crippen molar-refractivity contribution in [2.24, 2.45) is 5.92 Å². The fraction of sp³-hybridized carbons (Fsp3) is 0.571. The molecule has 0 amide bonds. The van der Waals surface area contributed by atoms with E-state index in [-0.39, 0.29) is 6.10 Å². The summed E-state index contributed by atoms with van der Waals surface area (Å²) in [5.41, 5.74) is 1.13. The van der Waals surface area contributed by atoms with E-state index in [9.17, 15) is 0 Å². The first kappa shape index (κ1) is 12.4. The Bertz CT molecular complexity index is 357. The zero-order valence-corrected chi connectivity index (χ0v) is 10.8. The highest BCUT2D eigenvalue weighted by atomic mass is 16.5. The van der Waals surface area contributed by atoms with Gasteiger partial charge in [0.15, 0.2) is 0 Å². The van der Waals surface area contributed by atoms with Gasteiger partial charge in [0.1, 0.15) is 5.75 Å². The Hall–Kier alpha value is -1.06. The van der Waals surface area contributed by atoms with Crippen LogP contribution in [0.3, 0.4) is 0 Å². The van der Waals surface area contributed by atoms with Crippen molar-refractivity contribution in [2.45, 2.75) is 26.0 Å². The fourth-order valence-corrected chi connectivity index (χ4v) is 2.16. The van der Waals surface area contributed by atoms with E-state index >= 15 is 0 Å². The summed E-state index contributed by atoms with van der Waals surface area (Å²) < 4.78 is 11.3. The van der Waals surface area contributed by atoms with Gasteiger partial charge in [-0.2, -0.15) is 0 Å². The highest BCUT2D eigenvalue weighted by molar-refractivity contribution is 5.35. The van der Waals surface area contributed by atoms with Crippen LogP contribution in [0, 0.1) is 5.92 Å². The fourth-order valence-electron chi connectivity index (χ4n) is 2.16. The summed E-state index contributed by atoms with van der Waals surface area (Å²) in [4.78, 5) is 0. The van der Waals surface area contributed by atoms with Gasteiger partial charge in [0.05, 0.1) is 19.8 Å². The first-order valence-corrected chi connectivity index (χ1v) is 6.20. The molecule has 1 aliphatic rings. The van der Waals surface area contributed by atoms with Crippen molar-refractivity contribution >= 4 is 0 Å². The average molecular weight is 235 g/mol. The van der Waals surface area contributed by atoms with Gasteiger partial charge in [-0.15, -0.1) is 0 Å². The van der Waals surface area contributed by atoms with Crippen LogP contribution in [0.15, 0.2) is 24.3 Å². The number of hydrogen-bond donors (Lipinski definition) is 1. The van der Waals surface area contributed by atoms with Crippen LogP contribution < -0.4 is 10.1 Å². The Balaban J connectivity index is 2.05. The van der Waals surface area contributed by atoms with Gasteiger partial charge in [0.25, 0.3) is 0 Å². The highest BCUT2D eigenvalue weighted by Gasteiger charge is 2.25. The molecule has 1 fully saturated rings. The summed E-state index contributed by atoms with van der Waals surface area (Å²) >= 11 is 0. The lowest BCUT2D eigenvalue weighted by Gasteiger charge is -2.33. The highest BCUT2D eigenvalue weighted by Crippen LogP contribution is 2.29. The molecule has 2 unspecified atom stereocenters. The minimum Gasteiger partial charge on any atom is -0.496 e. The molecule has 0 spiro atoms. The van der Waals surface area contributed by atoms with Crippen LogP contribution >= 0.6 is 0 Å². The number of rotatable bonds is 3. The lowest BCUT2D eigenvalue weighted by Crippen LogP contribution is -2.45. The number of methoxy groups -OCH3 is 1. The standard InChI is InChI=1S/C14H21NO2/c1-10(2)12-9-17-14(8-15-12)11-6-4-5-7-13(11)16-3/h4-7,10,12,14-15H,8-9H2,1-3H3. The number of nitrogens with one attached hydrogen (secondary N) is 1.